The van der Waals surface area contributed by atoms with Gasteiger partial charge in [-0.1, -0.05) is 50.2 Å². The molecule has 0 bridgehead atoms. The molecular weight excluding hydrogens is 320 g/mol. The number of hydrogen-bond donors (Lipinski definition) is 2. The lowest BCUT2D eigenvalue weighted by atomic mass is 10.0. The predicted molar refractivity (Wildman–Crippen MR) is 98.2 cm³/mol. The summed E-state index contributed by atoms with van der Waals surface area (Å²) in [5.41, 5.74) is 1.02. The molecule has 1 aromatic heterocycles. The van der Waals surface area contributed by atoms with Crippen LogP contribution in [0.5, 0.6) is 0 Å². The van der Waals surface area contributed by atoms with E-state index in [0.29, 0.717) is 17.2 Å². The third kappa shape index (κ3) is 5.20. The van der Waals surface area contributed by atoms with E-state index in [4.69, 9.17) is 0 Å². The smallest absolute Gasteiger partial charge is 0.262 e. The minimum Gasteiger partial charge on any atom is -0.352 e. The number of rotatable bonds is 7. The topological polar surface area (TPSA) is 58.2 Å². The SMILES string of the molecule is CC(C)C(C)NC(=O)C(Cc1ccccc1)NC(=O)c1cccs1. The van der Waals surface area contributed by atoms with Gasteiger partial charge in [0.05, 0.1) is 4.88 Å². The van der Waals surface area contributed by atoms with Crippen molar-refractivity contribution in [1.82, 2.24) is 10.6 Å². The van der Waals surface area contributed by atoms with Crippen LogP contribution in [0.3, 0.4) is 0 Å². The average molecular weight is 344 g/mol. The van der Waals surface area contributed by atoms with E-state index in [1.54, 1.807) is 6.07 Å². The van der Waals surface area contributed by atoms with E-state index < -0.39 is 6.04 Å². The summed E-state index contributed by atoms with van der Waals surface area (Å²) in [5.74, 6) is -0.0254. The van der Waals surface area contributed by atoms with Crippen LogP contribution in [0.15, 0.2) is 47.8 Å². The molecule has 1 heterocycles. The Hall–Kier alpha value is -2.14. The van der Waals surface area contributed by atoms with E-state index in [1.165, 1.54) is 11.3 Å². The van der Waals surface area contributed by atoms with Crippen molar-refractivity contribution in [1.29, 1.82) is 0 Å². The molecule has 2 atom stereocenters. The van der Waals surface area contributed by atoms with Gasteiger partial charge in [0, 0.05) is 12.5 Å². The summed E-state index contributed by atoms with van der Waals surface area (Å²) in [7, 11) is 0. The zero-order valence-electron chi connectivity index (χ0n) is 14.3. The Morgan fingerprint density at radius 2 is 1.71 bits per heavy atom. The van der Waals surface area contributed by atoms with Gasteiger partial charge in [-0.25, -0.2) is 0 Å². The maximum Gasteiger partial charge on any atom is 0.262 e. The van der Waals surface area contributed by atoms with Crippen LogP contribution in [0, 0.1) is 5.92 Å². The summed E-state index contributed by atoms with van der Waals surface area (Å²) in [5, 5.41) is 7.72. The minimum atomic E-state index is -0.594. The second-order valence-electron chi connectivity index (χ2n) is 6.23. The first kappa shape index (κ1) is 18.2. The molecular formula is C19H24N2O2S. The quantitative estimate of drug-likeness (QED) is 0.810. The standard InChI is InChI=1S/C19H24N2O2S/c1-13(2)14(3)20-18(22)16(12-15-8-5-4-6-9-15)21-19(23)17-10-7-11-24-17/h4-11,13-14,16H,12H2,1-3H3,(H,20,22)(H,21,23). The van der Waals surface area contributed by atoms with E-state index in [9.17, 15) is 9.59 Å². The van der Waals surface area contributed by atoms with Gasteiger partial charge >= 0.3 is 0 Å². The number of hydrogen-bond acceptors (Lipinski definition) is 3. The van der Waals surface area contributed by atoms with Crippen molar-refractivity contribution in [2.75, 3.05) is 0 Å². The third-order valence-electron chi connectivity index (χ3n) is 4.02. The van der Waals surface area contributed by atoms with Gasteiger partial charge in [-0.3, -0.25) is 9.59 Å². The number of amides is 2. The van der Waals surface area contributed by atoms with Gasteiger partial charge in [0.2, 0.25) is 5.91 Å². The molecule has 2 unspecified atom stereocenters. The Bertz CT molecular complexity index is 653. The molecule has 2 aromatic rings. The molecule has 2 rings (SSSR count). The predicted octanol–water partition coefficient (Wildman–Crippen LogP) is 3.25. The number of carbonyl (C=O) groups is 2. The first-order valence-corrected chi connectivity index (χ1v) is 9.04. The molecule has 0 saturated heterocycles. The van der Waals surface area contributed by atoms with Crippen LogP contribution in [0.4, 0.5) is 0 Å². The average Bonchev–Trinajstić information content (AvgIpc) is 3.09. The molecule has 24 heavy (non-hydrogen) atoms. The van der Waals surface area contributed by atoms with Gasteiger partial charge < -0.3 is 10.6 Å². The van der Waals surface area contributed by atoms with Crippen LogP contribution in [0.2, 0.25) is 0 Å². The van der Waals surface area contributed by atoms with Crippen molar-refractivity contribution in [2.24, 2.45) is 5.92 Å². The summed E-state index contributed by atoms with van der Waals surface area (Å²) in [6, 6.07) is 12.8. The summed E-state index contributed by atoms with van der Waals surface area (Å²) in [6.07, 6.45) is 0.467. The van der Waals surface area contributed by atoms with Crippen molar-refractivity contribution >= 4 is 23.2 Å². The van der Waals surface area contributed by atoms with Crippen LogP contribution in [-0.2, 0) is 11.2 Å². The summed E-state index contributed by atoms with van der Waals surface area (Å²) in [4.78, 5) is 25.6. The molecule has 2 amide bonds. The van der Waals surface area contributed by atoms with Crippen molar-refractivity contribution in [2.45, 2.75) is 39.3 Å². The molecule has 0 aliphatic heterocycles. The van der Waals surface area contributed by atoms with E-state index >= 15 is 0 Å². The Labute approximate surface area is 147 Å². The van der Waals surface area contributed by atoms with Crippen LogP contribution >= 0.6 is 11.3 Å². The van der Waals surface area contributed by atoms with Crippen molar-refractivity contribution in [3.63, 3.8) is 0 Å². The lowest BCUT2D eigenvalue weighted by Gasteiger charge is -2.23. The van der Waals surface area contributed by atoms with E-state index in [-0.39, 0.29) is 17.9 Å². The fraction of sp³-hybridized carbons (Fsp3) is 0.368. The monoisotopic (exact) mass is 344 g/mol. The fourth-order valence-corrected chi connectivity index (χ4v) is 2.81. The third-order valence-corrected chi connectivity index (χ3v) is 4.89. The van der Waals surface area contributed by atoms with Crippen molar-refractivity contribution in [3.05, 3.63) is 58.3 Å². The summed E-state index contributed by atoms with van der Waals surface area (Å²) >= 11 is 1.37. The molecule has 1 aromatic carbocycles. The fourth-order valence-electron chi connectivity index (χ4n) is 2.19. The second kappa shape index (κ2) is 8.64. The molecule has 0 spiro atoms. The number of nitrogens with one attached hydrogen (secondary N) is 2. The van der Waals surface area contributed by atoms with Crippen LogP contribution in [-0.4, -0.2) is 23.9 Å². The zero-order chi connectivity index (χ0) is 17.5. The minimum absolute atomic E-state index is 0.0504. The Morgan fingerprint density at radius 3 is 2.29 bits per heavy atom. The molecule has 0 saturated carbocycles. The molecule has 0 radical (unpaired) electrons. The lowest BCUT2D eigenvalue weighted by molar-refractivity contribution is -0.123. The molecule has 0 aliphatic rings. The molecule has 128 valence electrons. The zero-order valence-corrected chi connectivity index (χ0v) is 15.1. The van der Waals surface area contributed by atoms with Gasteiger partial charge in [-0.05, 0) is 29.9 Å². The normalized spacial score (nSPS) is 13.3. The Morgan fingerprint density at radius 1 is 1.00 bits per heavy atom. The van der Waals surface area contributed by atoms with Crippen LogP contribution in [0.1, 0.15) is 36.0 Å². The van der Waals surface area contributed by atoms with Gasteiger partial charge in [0.15, 0.2) is 0 Å². The number of thiophene rings is 1. The lowest BCUT2D eigenvalue weighted by Crippen LogP contribution is -2.51. The van der Waals surface area contributed by atoms with Crippen molar-refractivity contribution in [3.8, 4) is 0 Å². The molecule has 0 fully saturated rings. The second-order valence-corrected chi connectivity index (χ2v) is 7.18. The number of benzene rings is 1. The number of carbonyl (C=O) groups excluding carboxylic acids is 2. The highest BCUT2D eigenvalue weighted by Crippen LogP contribution is 2.10. The summed E-state index contributed by atoms with van der Waals surface area (Å²) < 4.78 is 0. The maximum atomic E-state index is 12.6. The molecule has 5 heteroatoms. The van der Waals surface area contributed by atoms with Crippen LogP contribution < -0.4 is 10.6 Å². The summed E-state index contributed by atoms with van der Waals surface area (Å²) in [6.45, 7) is 6.09. The highest BCUT2D eigenvalue weighted by molar-refractivity contribution is 7.12. The molecule has 0 aliphatic carbocycles. The van der Waals surface area contributed by atoms with E-state index in [2.05, 4.69) is 24.5 Å². The molecule has 4 nitrogen and oxygen atoms in total. The van der Waals surface area contributed by atoms with Crippen molar-refractivity contribution < 1.29 is 9.59 Å². The highest BCUT2D eigenvalue weighted by Gasteiger charge is 2.24. The first-order chi connectivity index (χ1) is 11.5. The Kier molecular flexibility index (Phi) is 6.55. The van der Waals surface area contributed by atoms with Gasteiger partial charge in [0.1, 0.15) is 6.04 Å². The van der Waals surface area contributed by atoms with Gasteiger partial charge in [-0.15, -0.1) is 11.3 Å². The highest BCUT2D eigenvalue weighted by atomic mass is 32.1. The van der Waals surface area contributed by atoms with Crippen LogP contribution in [0.25, 0.3) is 0 Å². The van der Waals surface area contributed by atoms with Gasteiger partial charge in [-0.2, -0.15) is 0 Å². The largest absolute Gasteiger partial charge is 0.352 e. The molecule has 2 N–H and O–H groups in total. The first-order valence-electron chi connectivity index (χ1n) is 8.16. The van der Waals surface area contributed by atoms with Gasteiger partial charge in [0.25, 0.3) is 5.91 Å². The Balaban J connectivity index is 2.11. The van der Waals surface area contributed by atoms with E-state index in [0.717, 1.165) is 5.56 Å². The van der Waals surface area contributed by atoms with E-state index in [1.807, 2.05) is 48.7 Å². The maximum absolute atomic E-state index is 12.6.